The summed E-state index contributed by atoms with van der Waals surface area (Å²) in [6.07, 6.45) is 0. The van der Waals surface area contributed by atoms with E-state index in [4.69, 9.17) is 5.73 Å². The van der Waals surface area contributed by atoms with Gasteiger partial charge in [0.1, 0.15) is 4.90 Å². The normalized spacial score (nSPS) is 18.0. The maximum atomic E-state index is 12.3. The van der Waals surface area contributed by atoms with Crippen LogP contribution >= 0.6 is 15.9 Å². The molecular weight excluding hydrogens is 356 g/mol. The van der Waals surface area contributed by atoms with Crippen LogP contribution in [0.25, 0.3) is 0 Å². The van der Waals surface area contributed by atoms with Gasteiger partial charge < -0.3 is 10.6 Å². The minimum absolute atomic E-state index is 0.121. The van der Waals surface area contributed by atoms with Crippen molar-refractivity contribution in [1.82, 2.24) is 14.5 Å². The van der Waals surface area contributed by atoms with E-state index in [-0.39, 0.29) is 10.6 Å². The second kappa shape index (κ2) is 7.06. The van der Waals surface area contributed by atoms with Gasteiger partial charge in [-0.05, 0) is 25.2 Å². The lowest BCUT2D eigenvalue weighted by Gasteiger charge is -2.32. The Kier molecular flexibility index (Phi) is 5.61. The summed E-state index contributed by atoms with van der Waals surface area (Å²) in [6, 6.07) is 4.82. The lowest BCUT2D eigenvalue weighted by atomic mass is 10.3. The van der Waals surface area contributed by atoms with Crippen molar-refractivity contribution in [2.75, 3.05) is 52.0 Å². The first-order valence-corrected chi connectivity index (χ1v) is 9.12. The fourth-order valence-corrected chi connectivity index (χ4v) is 3.92. The first-order valence-electron chi connectivity index (χ1n) is 6.84. The van der Waals surface area contributed by atoms with Gasteiger partial charge in [-0.25, -0.2) is 13.1 Å². The van der Waals surface area contributed by atoms with Gasteiger partial charge in [0.2, 0.25) is 10.0 Å². The zero-order valence-corrected chi connectivity index (χ0v) is 14.5. The Labute approximate surface area is 134 Å². The summed E-state index contributed by atoms with van der Waals surface area (Å²) in [5, 5.41) is 0. The summed E-state index contributed by atoms with van der Waals surface area (Å²) in [5.41, 5.74) is 6.00. The van der Waals surface area contributed by atoms with Crippen molar-refractivity contribution in [3.05, 3.63) is 22.7 Å². The number of anilines is 1. The number of nitrogens with one attached hydrogen (secondary N) is 1. The molecule has 0 saturated carbocycles. The zero-order valence-electron chi connectivity index (χ0n) is 12.0. The summed E-state index contributed by atoms with van der Waals surface area (Å²) in [4.78, 5) is 4.64. The second-order valence-corrected chi connectivity index (χ2v) is 7.88. The minimum Gasteiger partial charge on any atom is -0.398 e. The fraction of sp³-hybridized carbons (Fsp3) is 0.538. The highest BCUT2D eigenvalue weighted by Gasteiger charge is 2.19. The number of halogens is 1. The number of nitrogens with zero attached hydrogens (tertiary/aromatic N) is 2. The Morgan fingerprint density at radius 2 is 1.95 bits per heavy atom. The van der Waals surface area contributed by atoms with Gasteiger partial charge in [-0.3, -0.25) is 4.90 Å². The number of hydrogen-bond acceptors (Lipinski definition) is 5. The Balaban J connectivity index is 1.91. The summed E-state index contributed by atoms with van der Waals surface area (Å²) in [6.45, 7) is 5.07. The van der Waals surface area contributed by atoms with Crippen LogP contribution in [0.2, 0.25) is 0 Å². The lowest BCUT2D eigenvalue weighted by molar-refractivity contribution is 0.156. The summed E-state index contributed by atoms with van der Waals surface area (Å²) >= 11 is 3.26. The van der Waals surface area contributed by atoms with Crippen molar-refractivity contribution in [3.8, 4) is 0 Å². The van der Waals surface area contributed by atoms with Gasteiger partial charge in [-0.15, -0.1) is 0 Å². The highest BCUT2D eigenvalue weighted by molar-refractivity contribution is 9.10. The largest absolute Gasteiger partial charge is 0.398 e. The number of hydrogen-bond donors (Lipinski definition) is 2. The molecule has 1 aromatic rings. The predicted octanol–water partition coefficient (Wildman–Crippen LogP) is 0.557. The second-order valence-electron chi connectivity index (χ2n) is 5.22. The zero-order chi connectivity index (χ0) is 15.5. The average Bonchev–Trinajstić information content (AvgIpc) is 2.43. The SMILES string of the molecule is CN1CCN(CCNS(=O)(=O)c2cc(Br)ccc2N)CC1. The summed E-state index contributed by atoms with van der Waals surface area (Å²) < 4.78 is 27.8. The highest BCUT2D eigenvalue weighted by Crippen LogP contribution is 2.22. The van der Waals surface area contributed by atoms with Crippen molar-refractivity contribution >= 4 is 31.6 Å². The van der Waals surface area contributed by atoms with E-state index in [1.807, 2.05) is 0 Å². The van der Waals surface area contributed by atoms with Gasteiger partial charge in [-0.1, -0.05) is 15.9 Å². The van der Waals surface area contributed by atoms with Gasteiger partial charge >= 0.3 is 0 Å². The smallest absolute Gasteiger partial charge is 0.242 e. The van der Waals surface area contributed by atoms with Crippen LogP contribution in [-0.4, -0.2) is 64.5 Å². The van der Waals surface area contributed by atoms with E-state index in [0.717, 1.165) is 26.2 Å². The number of likely N-dealkylation sites (N-methyl/N-ethyl adjacent to an activating group) is 1. The molecule has 6 nitrogen and oxygen atoms in total. The van der Waals surface area contributed by atoms with Gasteiger partial charge in [0.05, 0.1) is 5.69 Å². The maximum absolute atomic E-state index is 12.3. The number of sulfonamides is 1. The van der Waals surface area contributed by atoms with Gasteiger partial charge in [-0.2, -0.15) is 0 Å². The highest BCUT2D eigenvalue weighted by atomic mass is 79.9. The third-order valence-electron chi connectivity index (χ3n) is 3.58. The molecule has 2 rings (SSSR count). The quantitative estimate of drug-likeness (QED) is 0.733. The molecule has 8 heteroatoms. The van der Waals surface area contributed by atoms with E-state index in [1.165, 1.54) is 6.07 Å². The molecule has 0 aromatic heterocycles. The van der Waals surface area contributed by atoms with Crippen molar-refractivity contribution in [2.45, 2.75) is 4.90 Å². The number of nitrogen functional groups attached to an aromatic ring is 1. The molecule has 118 valence electrons. The van der Waals surface area contributed by atoms with Gasteiger partial charge in [0.25, 0.3) is 0 Å². The lowest BCUT2D eigenvalue weighted by Crippen LogP contribution is -2.46. The van der Waals surface area contributed by atoms with Crippen LogP contribution in [-0.2, 0) is 10.0 Å². The van der Waals surface area contributed by atoms with E-state index >= 15 is 0 Å². The van der Waals surface area contributed by atoms with Crippen LogP contribution in [0.3, 0.4) is 0 Å². The van der Waals surface area contributed by atoms with Crippen LogP contribution in [0.15, 0.2) is 27.6 Å². The Hall–Kier alpha value is -0.670. The topological polar surface area (TPSA) is 78.7 Å². The van der Waals surface area contributed by atoms with E-state index in [2.05, 4.69) is 37.5 Å². The molecule has 1 aliphatic heterocycles. The summed E-state index contributed by atoms with van der Waals surface area (Å²) in [5.74, 6) is 0. The Morgan fingerprint density at radius 3 is 2.62 bits per heavy atom. The first kappa shape index (κ1) is 16.7. The van der Waals surface area contributed by atoms with E-state index in [0.29, 0.717) is 17.6 Å². The van der Waals surface area contributed by atoms with Crippen molar-refractivity contribution in [2.24, 2.45) is 0 Å². The molecule has 21 heavy (non-hydrogen) atoms. The minimum atomic E-state index is -3.57. The summed E-state index contributed by atoms with van der Waals surface area (Å²) in [7, 11) is -1.47. The molecule has 0 bridgehead atoms. The third-order valence-corrected chi connectivity index (χ3v) is 5.59. The van der Waals surface area contributed by atoms with Crippen molar-refractivity contribution in [3.63, 3.8) is 0 Å². The molecule has 1 fully saturated rings. The number of nitrogens with two attached hydrogens (primary N) is 1. The number of benzene rings is 1. The number of rotatable bonds is 5. The maximum Gasteiger partial charge on any atom is 0.242 e. The fourth-order valence-electron chi connectivity index (χ4n) is 2.23. The molecule has 0 amide bonds. The molecular formula is C13H21BrN4O2S. The van der Waals surface area contributed by atoms with E-state index < -0.39 is 10.0 Å². The van der Waals surface area contributed by atoms with E-state index in [9.17, 15) is 8.42 Å². The van der Waals surface area contributed by atoms with Crippen LogP contribution in [0.1, 0.15) is 0 Å². The first-order chi connectivity index (χ1) is 9.88. The van der Waals surface area contributed by atoms with Gasteiger partial charge in [0, 0.05) is 43.7 Å². The van der Waals surface area contributed by atoms with Crippen LogP contribution in [0, 0.1) is 0 Å². The molecule has 0 aliphatic carbocycles. The standard InChI is InChI=1S/C13H21BrN4O2S/c1-17-6-8-18(9-7-17)5-4-16-21(19,20)13-10-11(14)2-3-12(13)15/h2-3,10,16H,4-9,15H2,1H3. The number of piperazine rings is 1. The predicted molar refractivity (Wildman–Crippen MR) is 87.7 cm³/mol. The van der Waals surface area contributed by atoms with Crippen LogP contribution in [0.5, 0.6) is 0 Å². The van der Waals surface area contributed by atoms with E-state index in [1.54, 1.807) is 12.1 Å². The molecule has 1 heterocycles. The molecule has 0 unspecified atom stereocenters. The molecule has 0 spiro atoms. The van der Waals surface area contributed by atoms with Gasteiger partial charge in [0.15, 0.2) is 0 Å². The molecule has 1 aliphatic rings. The van der Waals surface area contributed by atoms with Crippen molar-refractivity contribution < 1.29 is 8.42 Å². The monoisotopic (exact) mass is 376 g/mol. The van der Waals surface area contributed by atoms with Crippen molar-refractivity contribution in [1.29, 1.82) is 0 Å². The molecule has 0 radical (unpaired) electrons. The Morgan fingerprint density at radius 1 is 1.29 bits per heavy atom. The van der Waals surface area contributed by atoms with Crippen LogP contribution < -0.4 is 10.5 Å². The Bertz CT molecular complexity index is 586. The molecule has 1 aromatic carbocycles. The third kappa shape index (κ3) is 4.65. The van der Waals surface area contributed by atoms with Crippen LogP contribution in [0.4, 0.5) is 5.69 Å². The molecule has 1 saturated heterocycles. The average molecular weight is 377 g/mol. The molecule has 3 N–H and O–H groups in total. The molecule has 0 atom stereocenters.